The van der Waals surface area contributed by atoms with E-state index in [1.54, 1.807) is 11.8 Å². The van der Waals surface area contributed by atoms with Gasteiger partial charge in [0, 0.05) is 17.7 Å². The zero-order chi connectivity index (χ0) is 25.0. The van der Waals surface area contributed by atoms with Crippen LogP contribution in [0.1, 0.15) is 109 Å². The monoisotopic (exact) mass is 509 g/mol. The van der Waals surface area contributed by atoms with Crippen LogP contribution in [0, 0.1) is 6.92 Å². The number of carboxylic acid groups (broad SMARTS) is 1. The Bertz CT molecular complexity index is 694. The first-order chi connectivity index (χ1) is 16.4. The van der Waals surface area contributed by atoms with E-state index >= 15 is 0 Å². The van der Waals surface area contributed by atoms with Gasteiger partial charge in [0.05, 0.1) is 5.69 Å². The Morgan fingerprint density at radius 2 is 1.38 bits per heavy atom. The highest BCUT2D eigenvalue weighted by Crippen LogP contribution is 2.29. The minimum Gasteiger partial charge on any atom is -0.481 e. The number of hydrogen-bond acceptors (Lipinski definition) is 4. The Morgan fingerprint density at radius 1 is 0.824 bits per heavy atom. The second-order valence-corrected chi connectivity index (χ2v) is 12.3. The number of anilines is 1. The van der Waals surface area contributed by atoms with Gasteiger partial charge in [0.2, 0.25) is 5.91 Å². The third-order valence-electron chi connectivity index (χ3n) is 5.70. The Labute approximate surface area is 216 Å². The first-order valence-corrected chi connectivity index (χ1v) is 15.3. The number of nitrogens with one attached hydrogen (secondary N) is 1. The van der Waals surface area contributed by atoms with Crippen molar-refractivity contribution >= 4 is 41.1 Å². The van der Waals surface area contributed by atoms with Crippen molar-refractivity contribution < 1.29 is 14.7 Å². The number of carbonyl (C=O) groups is 2. The molecular weight excluding hydrogens is 462 g/mol. The van der Waals surface area contributed by atoms with Crippen LogP contribution in [-0.2, 0) is 9.59 Å². The van der Waals surface area contributed by atoms with Gasteiger partial charge < -0.3 is 10.4 Å². The van der Waals surface area contributed by atoms with Gasteiger partial charge in [0.1, 0.15) is 0 Å². The molecule has 0 spiro atoms. The van der Waals surface area contributed by atoms with Crippen molar-refractivity contribution in [1.82, 2.24) is 0 Å². The average molecular weight is 510 g/mol. The Hall–Kier alpha value is -1.14. The van der Waals surface area contributed by atoms with Crippen molar-refractivity contribution in [3.8, 4) is 0 Å². The van der Waals surface area contributed by atoms with E-state index in [0.29, 0.717) is 6.42 Å². The number of amides is 1. The van der Waals surface area contributed by atoms with Gasteiger partial charge in [-0.3, -0.25) is 9.59 Å². The first-order valence-electron chi connectivity index (χ1n) is 13.2. The fraction of sp³-hybridized carbons (Fsp3) is 0.714. The lowest BCUT2D eigenvalue weighted by Crippen LogP contribution is -2.12. The molecular formula is C28H47NO3S2. The minimum absolute atomic E-state index is 0.115. The molecule has 0 saturated heterocycles. The van der Waals surface area contributed by atoms with E-state index in [0.717, 1.165) is 65.7 Å². The number of unbranched alkanes of at least 4 members (excludes halogenated alkanes) is 10. The fourth-order valence-electron chi connectivity index (χ4n) is 3.76. The summed E-state index contributed by atoms with van der Waals surface area (Å²) < 4.78 is 0. The van der Waals surface area contributed by atoms with Gasteiger partial charge in [-0.2, -0.15) is 11.8 Å². The summed E-state index contributed by atoms with van der Waals surface area (Å²) in [6.45, 7) is 6.58. The van der Waals surface area contributed by atoms with Crippen LogP contribution in [0.5, 0.6) is 0 Å². The summed E-state index contributed by atoms with van der Waals surface area (Å²) in [5.74, 6) is 1.68. The molecule has 0 unspecified atom stereocenters. The van der Waals surface area contributed by atoms with E-state index in [-0.39, 0.29) is 12.3 Å². The van der Waals surface area contributed by atoms with E-state index in [9.17, 15) is 9.59 Å². The molecule has 1 rings (SSSR count). The Balaban J connectivity index is 2.16. The smallest absolute Gasteiger partial charge is 0.303 e. The normalized spacial score (nSPS) is 11.2. The quantitative estimate of drug-likeness (QED) is 0.128. The second kappa shape index (κ2) is 20.1. The molecule has 2 N–H and O–H groups in total. The Kier molecular flexibility index (Phi) is 18.3. The molecule has 194 valence electrons. The fourth-order valence-corrected chi connectivity index (χ4v) is 5.60. The summed E-state index contributed by atoms with van der Waals surface area (Å²) in [5, 5.41) is 12.6. The molecule has 0 aliphatic carbocycles. The first kappa shape index (κ1) is 30.9. The van der Waals surface area contributed by atoms with Crippen LogP contribution < -0.4 is 5.32 Å². The van der Waals surface area contributed by atoms with Crippen molar-refractivity contribution in [3.05, 3.63) is 23.8 Å². The Morgan fingerprint density at radius 3 is 2.00 bits per heavy atom. The molecule has 0 fully saturated rings. The highest BCUT2D eigenvalue weighted by molar-refractivity contribution is 7.99. The molecule has 1 aromatic carbocycles. The van der Waals surface area contributed by atoms with Crippen LogP contribution in [0.2, 0.25) is 0 Å². The van der Waals surface area contributed by atoms with Crippen LogP contribution >= 0.6 is 23.5 Å². The third kappa shape index (κ3) is 17.3. The van der Waals surface area contributed by atoms with Crippen LogP contribution in [0.15, 0.2) is 23.1 Å². The predicted molar refractivity (Wildman–Crippen MR) is 150 cm³/mol. The average Bonchev–Trinajstić information content (AvgIpc) is 2.77. The van der Waals surface area contributed by atoms with Crippen molar-refractivity contribution in [2.45, 2.75) is 121 Å². The molecule has 0 bridgehead atoms. The topological polar surface area (TPSA) is 66.4 Å². The van der Waals surface area contributed by atoms with Gasteiger partial charge in [0.15, 0.2) is 0 Å². The van der Waals surface area contributed by atoms with Crippen molar-refractivity contribution in [2.24, 2.45) is 0 Å². The number of aliphatic carboxylic acids is 1. The van der Waals surface area contributed by atoms with E-state index in [1.165, 1.54) is 44.3 Å². The van der Waals surface area contributed by atoms with Crippen LogP contribution in [0.25, 0.3) is 0 Å². The second-order valence-electron chi connectivity index (χ2n) is 9.45. The van der Waals surface area contributed by atoms with Crippen molar-refractivity contribution in [3.63, 3.8) is 0 Å². The summed E-state index contributed by atoms with van der Waals surface area (Å²) >= 11 is 3.84. The van der Waals surface area contributed by atoms with Gasteiger partial charge >= 0.3 is 5.97 Å². The molecule has 0 heterocycles. The number of carbonyl (C=O) groups excluding carboxylic acids is 1. The third-order valence-corrected chi connectivity index (χ3v) is 8.05. The summed E-state index contributed by atoms with van der Waals surface area (Å²) in [7, 11) is 0. The summed E-state index contributed by atoms with van der Waals surface area (Å²) in [6, 6.07) is 6.25. The number of thioether (sulfide) groups is 2. The van der Waals surface area contributed by atoms with Gasteiger partial charge in [0.25, 0.3) is 0 Å². The highest BCUT2D eigenvalue weighted by atomic mass is 32.2. The lowest BCUT2D eigenvalue weighted by Gasteiger charge is -2.12. The molecule has 34 heavy (non-hydrogen) atoms. The van der Waals surface area contributed by atoms with Crippen LogP contribution in [0.3, 0.4) is 0 Å². The van der Waals surface area contributed by atoms with Gasteiger partial charge in [-0.25, -0.2) is 0 Å². The molecule has 0 atom stereocenters. The van der Waals surface area contributed by atoms with E-state index in [4.69, 9.17) is 5.11 Å². The summed E-state index contributed by atoms with van der Waals surface area (Å²) in [6.07, 6.45) is 14.6. The molecule has 1 aromatic rings. The largest absolute Gasteiger partial charge is 0.481 e. The maximum atomic E-state index is 12.5. The number of rotatable bonds is 21. The predicted octanol–water partition coefficient (Wildman–Crippen LogP) is 8.71. The molecule has 6 heteroatoms. The zero-order valence-corrected chi connectivity index (χ0v) is 23.3. The van der Waals surface area contributed by atoms with Gasteiger partial charge in [-0.1, -0.05) is 71.3 Å². The van der Waals surface area contributed by atoms with Gasteiger partial charge in [-0.05, 0) is 67.1 Å². The van der Waals surface area contributed by atoms with E-state index in [1.807, 2.05) is 0 Å². The lowest BCUT2D eigenvalue weighted by atomic mass is 10.1. The SMILES string of the molecule is Cc1ccc(SCCCCCCC(=O)O)c(NC(=O)CCCCCCCCCCSC(C)C)c1. The maximum absolute atomic E-state index is 12.5. The maximum Gasteiger partial charge on any atom is 0.303 e. The molecule has 4 nitrogen and oxygen atoms in total. The van der Waals surface area contributed by atoms with Crippen LogP contribution in [-0.4, -0.2) is 33.7 Å². The van der Waals surface area contributed by atoms with Crippen molar-refractivity contribution in [1.29, 1.82) is 0 Å². The van der Waals surface area contributed by atoms with E-state index in [2.05, 4.69) is 56.0 Å². The molecule has 1 amide bonds. The lowest BCUT2D eigenvalue weighted by molar-refractivity contribution is -0.137. The summed E-state index contributed by atoms with van der Waals surface area (Å²) in [4.78, 5) is 24.2. The number of benzene rings is 1. The van der Waals surface area contributed by atoms with Crippen LogP contribution in [0.4, 0.5) is 5.69 Å². The van der Waals surface area contributed by atoms with E-state index < -0.39 is 5.97 Å². The number of hydrogen-bond donors (Lipinski definition) is 2. The zero-order valence-electron chi connectivity index (χ0n) is 21.7. The molecule has 0 aliphatic heterocycles. The number of aryl methyl sites for hydroxylation is 1. The standard InChI is InChI=1S/C28H47NO3S2/c1-23(2)33-20-14-10-7-5-4-6-8-12-16-27(30)29-25-22-24(3)18-19-26(25)34-21-15-11-9-13-17-28(31)32/h18-19,22-23H,4-17,20-21H2,1-3H3,(H,29,30)(H,31,32). The summed E-state index contributed by atoms with van der Waals surface area (Å²) in [5.41, 5.74) is 2.08. The molecule has 0 aromatic heterocycles. The number of carboxylic acids is 1. The molecule has 0 radical (unpaired) electrons. The highest BCUT2D eigenvalue weighted by Gasteiger charge is 2.08. The molecule has 0 aliphatic rings. The van der Waals surface area contributed by atoms with Crippen molar-refractivity contribution in [2.75, 3.05) is 16.8 Å². The molecule has 0 saturated carbocycles. The van der Waals surface area contributed by atoms with Gasteiger partial charge in [-0.15, -0.1) is 11.8 Å². The minimum atomic E-state index is -0.711.